The van der Waals surface area contributed by atoms with Gasteiger partial charge in [-0.3, -0.25) is 4.99 Å². The van der Waals surface area contributed by atoms with Crippen LogP contribution in [0.15, 0.2) is 4.99 Å². The van der Waals surface area contributed by atoms with Crippen LogP contribution in [0.4, 0.5) is 0 Å². The molecular weight excluding hydrogens is 178 g/mol. The van der Waals surface area contributed by atoms with E-state index in [0.717, 1.165) is 32.7 Å². The van der Waals surface area contributed by atoms with Crippen LogP contribution in [0.5, 0.6) is 0 Å². The third-order valence-electron chi connectivity index (χ3n) is 3.01. The molecule has 1 saturated heterocycles. The number of ether oxygens (including phenoxy) is 1. The molecule has 0 aliphatic carbocycles. The first-order chi connectivity index (χ1) is 6.64. The van der Waals surface area contributed by atoms with Crippen molar-refractivity contribution in [2.45, 2.75) is 25.8 Å². The van der Waals surface area contributed by atoms with E-state index in [4.69, 9.17) is 10.5 Å². The first-order valence-electron chi connectivity index (χ1n) is 5.29. The molecule has 1 spiro atoms. The minimum absolute atomic E-state index is 0.0916. The summed E-state index contributed by atoms with van der Waals surface area (Å²) in [5.41, 5.74) is 5.99. The lowest BCUT2D eigenvalue weighted by atomic mass is 9.97. The van der Waals surface area contributed by atoms with Crippen molar-refractivity contribution in [1.29, 1.82) is 0 Å². The quantitative estimate of drug-likeness (QED) is 0.698. The average Bonchev–Trinajstić information content (AvgIpc) is 2.69. The van der Waals surface area contributed by atoms with Crippen LogP contribution in [-0.2, 0) is 4.74 Å². The van der Waals surface area contributed by atoms with Crippen molar-refractivity contribution in [1.82, 2.24) is 4.90 Å². The number of nitrogens with two attached hydrogens (primary N) is 1. The average molecular weight is 197 g/mol. The standard InChI is InChI=1S/C10H19N3O/c1-8(2)5-13-9(11)12-6-10(13)3-4-14-7-10/h8H,3-7H2,1-2H3,(H2,11,12). The summed E-state index contributed by atoms with van der Waals surface area (Å²) in [5, 5.41) is 0. The van der Waals surface area contributed by atoms with Gasteiger partial charge in [0.15, 0.2) is 5.96 Å². The molecule has 4 nitrogen and oxygen atoms in total. The second kappa shape index (κ2) is 3.42. The minimum atomic E-state index is 0.0916. The topological polar surface area (TPSA) is 50.8 Å². The van der Waals surface area contributed by atoms with E-state index in [1.165, 1.54) is 0 Å². The Hall–Kier alpha value is -0.770. The number of rotatable bonds is 2. The predicted octanol–water partition coefficient (Wildman–Crippen LogP) is 0.432. The zero-order valence-electron chi connectivity index (χ0n) is 8.99. The van der Waals surface area contributed by atoms with Gasteiger partial charge in [-0.25, -0.2) is 0 Å². The molecule has 1 unspecified atom stereocenters. The lowest BCUT2D eigenvalue weighted by Crippen LogP contribution is -2.53. The Labute approximate surface area is 85.1 Å². The predicted molar refractivity (Wildman–Crippen MR) is 56.2 cm³/mol. The van der Waals surface area contributed by atoms with Gasteiger partial charge in [-0.15, -0.1) is 0 Å². The maximum absolute atomic E-state index is 5.90. The van der Waals surface area contributed by atoms with Crippen LogP contribution in [0.25, 0.3) is 0 Å². The molecule has 0 radical (unpaired) electrons. The van der Waals surface area contributed by atoms with E-state index in [2.05, 4.69) is 23.7 Å². The van der Waals surface area contributed by atoms with Gasteiger partial charge in [0.25, 0.3) is 0 Å². The van der Waals surface area contributed by atoms with Gasteiger partial charge >= 0.3 is 0 Å². The SMILES string of the molecule is CC(C)CN1C(N)=NCC12CCOC2. The number of aliphatic imine (C=N–C) groups is 1. The molecule has 2 aliphatic rings. The molecule has 0 aromatic carbocycles. The summed E-state index contributed by atoms with van der Waals surface area (Å²) in [6.45, 7) is 7.83. The Morgan fingerprint density at radius 2 is 2.43 bits per heavy atom. The number of guanidine groups is 1. The molecule has 2 rings (SSSR count). The summed E-state index contributed by atoms with van der Waals surface area (Å²) in [4.78, 5) is 6.59. The molecule has 14 heavy (non-hydrogen) atoms. The summed E-state index contributed by atoms with van der Waals surface area (Å²) in [6.07, 6.45) is 1.06. The fraction of sp³-hybridized carbons (Fsp3) is 0.900. The van der Waals surface area contributed by atoms with Gasteiger partial charge < -0.3 is 15.4 Å². The van der Waals surface area contributed by atoms with Gasteiger partial charge in [0.1, 0.15) is 0 Å². The maximum Gasteiger partial charge on any atom is 0.191 e. The highest BCUT2D eigenvalue weighted by molar-refractivity contribution is 5.81. The monoisotopic (exact) mass is 197 g/mol. The molecule has 2 heterocycles. The highest BCUT2D eigenvalue weighted by Gasteiger charge is 2.45. The van der Waals surface area contributed by atoms with Crippen LogP contribution in [-0.4, -0.2) is 42.7 Å². The largest absolute Gasteiger partial charge is 0.379 e. The fourth-order valence-corrected chi connectivity index (χ4v) is 2.23. The van der Waals surface area contributed by atoms with Crippen LogP contribution >= 0.6 is 0 Å². The van der Waals surface area contributed by atoms with E-state index in [-0.39, 0.29) is 5.54 Å². The highest BCUT2D eigenvalue weighted by atomic mass is 16.5. The molecule has 1 fully saturated rings. The molecule has 0 bridgehead atoms. The first kappa shape index (κ1) is 9.77. The number of hydrogen-bond donors (Lipinski definition) is 1. The summed E-state index contributed by atoms with van der Waals surface area (Å²) < 4.78 is 5.47. The molecule has 0 amide bonds. The summed E-state index contributed by atoms with van der Waals surface area (Å²) in [5.74, 6) is 1.31. The van der Waals surface area contributed by atoms with Crippen molar-refractivity contribution in [2.24, 2.45) is 16.6 Å². The summed E-state index contributed by atoms with van der Waals surface area (Å²) in [7, 11) is 0. The molecular formula is C10H19N3O. The maximum atomic E-state index is 5.90. The highest BCUT2D eigenvalue weighted by Crippen LogP contribution is 2.31. The Morgan fingerprint density at radius 3 is 3.00 bits per heavy atom. The van der Waals surface area contributed by atoms with Crippen LogP contribution in [0.2, 0.25) is 0 Å². The van der Waals surface area contributed by atoms with Gasteiger partial charge in [0.05, 0.1) is 18.7 Å². The molecule has 80 valence electrons. The summed E-state index contributed by atoms with van der Waals surface area (Å²) >= 11 is 0. The van der Waals surface area contributed by atoms with Crippen LogP contribution in [0.1, 0.15) is 20.3 Å². The van der Waals surface area contributed by atoms with Gasteiger partial charge in [0.2, 0.25) is 0 Å². The van der Waals surface area contributed by atoms with Gasteiger partial charge in [0, 0.05) is 13.2 Å². The van der Waals surface area contributed by atoms with Crippen molar-refractivity contribution < 1.29 is 4.74 Å². The lowest BCUT2D eigenvalue weighted by molar-refractivity contribution is 0.127. The van der Waals surface area contributed by atoms with Gasteiger partial charge in [-0.2, -0.15) is 0 Å². The zero-order valence-corrected chi connectivity index (χ0v) is 8.99. The van der Waals surface area contributed by atoms with E-state index in [9.17, 15) is 0 Å². The molecule has 4 heteroatoms. The summed E-state index contributed by atoms with van der Waals surface area (Å²) in [6, 6.07) is 0. The van der Waals surface area contributed by atoms with Crippen molar-refractivity contribution in [3.05, 3.63) is 0 Å². The van der Waals surface area contributed by atoms with Crippen molar-refractivity contribution in [3.8, 4) is 0 Å². The zero-order chi connectivity index (χ0) is 10.2. The van der Waals surface area contributed by atoms with E-state index >= 15 is 0 Å². The van der Waals surface area contributed by atoms with Crippen LogP contribution in [0.3, 0.4) is 0 Å². The molecule has 1 atom stereocenters. The minimum Gasteiger partial charge on any atom is -0.379 e. The first-order valence-corrected chi connectivity index (χ1v) is 5.29. The van der Waals surface area contributed by atoms with Crippen molar-refractivity contribution in [2.75, 3.05) is 26.3 Å². The second-order valence-corrected chi connectivity index (χ2v) is 4.71. The molecule has 2 N–H and O–H groups in total. The van der Waals surface area contributed by atoms with Crippen molar-refractivity contribution >= 4 is 5.96 Å². The molecule has 0 aromatic rings. The molecule has 2 aliphatic heterocycles. The van der Waals surface area contributed by atoms with E-state index in [1.807, 2.05) is 0 Å². The third kappa shape index (κ3) is 1.47. The Bertz CT molecular complexity index is 244. The second-order valence-electron chi connectivity index (χ2n) is 4.71. The number of nitrogens with zero attached hydrogens (tertiary/aromatic N) is 2. The smallest absolute Gasteiger partial charge is 0.191 e. The molecule has 0 saturated carbocycles. The Balaban J connectivity index is 2.12. The normalized spacial score (nSPS) is 31.9. The van der Waals surface area contributed by atoms with Crippen LogP contribution < -0.4 is 5.73 Å². The Kier molecular flexibility index (Phi) is 2.39. The van der Waals surface area contributed by atoms with E-state index in [0.29, 0.717) is 11.9 Å². The van der Waals surface area contributed by atoms with E-state index < -0.39 is 0 Å². The van der Waals surface area contributed by atoms with E-state index in [1.54, 1.807) is 0 Å². The Morgan fingerprint density at radius 1 is 1.64 bits per heavy atom. The third-order valence-corrected chi connectivity index (χ3v) is 3.01. The van der Waals surface area contributed by atoms with Crippen molar-refractivity contribution in [3.63, 3.8) is 0 Å². The fourth-order valence-electron chi connectivity index (χ4n) is 2.23. The van der Waals surface area contributed by atoms with Crippen LogP contribution in [0, 0.1) is 5.92 Å². The van der Waals surface area contributed by atoms with Gasteiger partial charge in [-0.1, -0.05) is 13.8 Å². The lowest BCUT2D eigenvalue weighted by Gasteiger charge is -2.35. The number of hydrogen-bond acceptors (Lipinski definition) is 4. The molecule has 0 aromatic heterocycles. The van der Waals surface area contributed by atoms with Gasteiger partial charge in [-0.05, 0) is 12.3 Å².